The number of allylic oxidation sites excluding steroid dienone is 2. The summed E-state index contributed by atoms with van der Waals surface area (Å²) in [4.78, 5) is 1.60. The predicted octanol–water partition coefficient (Wildman–Crippen LogP) is 3.18. The summed E-state index contributed by atoms with van der Waals surface area (Å²) in [6.07, 6.45) is 6.03. The van der Waals surface area contributed by atoms with Crippen molar-refractivity contribution in [1.29, 1.82) is 0 Å². The normalized spacial score (nSPS) is 17.0. The van der Waals surface area contributed by atoms with Crippen LogP contribution in [0.3, 0.4) is 0 Å². The Balaban J connectivity index is 2.32. The van der Waals surface area contributed by atoms with Crippen LogP contribution in [0.2, 0.25) is 0 Å². The summed E-state index contributed by atoms with van der Waals surface area (Å²) in [5.41, 5.74) is 3.10. The van der Waals surface area contributed by atoms with Crippen LogP contribution in [0.25, 0.3) is 0 Å². The first-order chi connectivity index (χ1) is 5.36. The van der Waals surface area contributed by atoms with Crippen LogP contribution < -0.4 is 0 Å². The third-order valence-electron chi connectivity index (χ3n) is 2.25. The molecule has 1 heteroatoms. The van der Waals surface area contributed by atoms with Crippen molar-refractivity contribution in [3.8, 4) is 0 Å². The largest absolute Gasteiger partial charge is 0.149 e. The Morgan fingerprint density at radius 3 is 3.18 bits per heavy atom. The Labute approximate surface area is 71.6 Å². The molecule has 1 aliphatic rings. The van der Waals surface area contributed by atoms with Crippen molar-refractivity contribution < 1.29 is 0 Å². The van der Waals surface area contributed by atoms with Gasteiger partial charge in [-0.3, -0.25) is 0 Å². The van der Waals surface area contributed by atoms with Gasteiger partial charge in [-0.2, -0.15) is 0 Å². The van der Waals surface area contributed by atoms with Crippen LogP contribution in [-0.2, 0) is 12.8 Å². The quantitative estimate of drug-likeness (QED) is 0.517. The lowest BCUT2D eigenvalue weighted by Gasteiger charge is -1.94. The van der Waals surface area contributed by atoms with Gasteiger partial charge in [0.2, 0.25) is 0 Å². The van der Waals surface area contributed by atoms with E-state index in [4.69, 9.17) is 0 Å². The minimum Gasteiger partial charge on any atom is -0.149 e. The number of thiophene rings is 1. The molecule has 0 unspecified atom stereocenters. The number of fused-ring (bicyclic) bond motifs is 1. The van der Waals surface area contributed by atoms with Crippen molar-refractivity contribution in [2.45, 2.75) is 26.2 Å². The minimum absolute atomic E-state index is 1.16. The summed E-state index contributed by atoms with van der Waals surface area (Å²) in [7, 11) is 0. The highest BCUT2D eigenvalue weighted by molar-refractivity contribution is 7.10. The van der Waals surface area contributed by atoms with Crippen molar-refractivity contribution in [2.24, 2.45) is 0 Å². The maximum atomic E-state index is 2.36. The molecule has 0 amide bonds. The maximum absolute atomic E-state index is 2.36. The van der Waals surface area contributed by atoms with Gasteiger partial charge in [-0.15, -0.1) is 11.3 Å². The molecule has 0 aliphatic heterocycles. The van der Waals surface area contributed by atoms with Crippen molar-refractivity contribution in [1.82, 2.24) is 0 Å². The zero-order chi connectivity index (χ0) is 7.68. The highest BCUT2D eigenvalue weighted by atomic mass is 32.1. The zero-order valence-electron chi connectivity index (χ0n) is 6.76. The van der Waals surface area contributed by atoms with Gasteiger partial charge in [-0.1, -0.05) is 11.6 Å². The fraction of sp³-hybridized carbons (Fsp3) is 0.400. The topological polar surface area (TPSA) is 0 Å². The Hall–Kier alpha value is -0.560. The van der Waals surface area contributed by atoms with E-state index in [2.05, 4.69) is 24.4 Å². The summed E-state index contributed by atoms with van der Waals surface area (Å²) in [5, 5.41) is 2.21. The molecule has 0 saturated heterocycles. The second kappa shape index (κ2) is 2.82. The van der Waals surface area contributed by atoms with Crippen LogP contribution in [0.15, 0.2) is 23.1 Å². The Morgan fingerprint density at radius 2 is 2.27 bits per heavy atom. The van der Waals surface area contributed by atoms with Gasteiger partial charge in [0.25, 0.3) is 0 Å². The lowest BCUT2D eigenvalue weighted by Crippen LogP contribution is -1.81. The molecule has 58 valence electrons. The second-order valence-corrected chi connectivity index (χ2v) is 4.12. The fourth-order valence-corrected chi connectivity index (χ4v) is 2.38. The van der Waals surface area contributed by atoms with Crippen LogP contribution in [-0.4, -0.2) is 0 Å². The number of hydrogen-bond acceptors (Lipinski definition) is 1. The Morgan fingerprint density at radius 1 is 1.36 bits per heavy atom. The first-order valence-electron chi connectivity index (χ1n) is 4.07. The van der Waals surface area contributed by atoms with E-state index in [1.54, 1.807) is 16.0 Å². The number of aryl methyl sites for hydroxylation is 1. The fourth-order valence-electron chi connectivity index (χ4n) is 1.47. The molecule has 0 atom stereocenters. The molecule has 1 aromatic heterocycles. The Bertz CT molecular complexity index is 281. The molecule has 1 aromatic rings. The lowest BCUT2D eigenvalue weighted by atomic mass is 10.2. The predicted molar refractivity (Wildman–Crippen MR) is 50.1 cm³/mol. The van der Waals surface area contributed by atoms with E-state index < -0.39 is 0 Å². The van der Waals surface area contributed by atoms with Gasteiger partial charge in [-0.25, -0.2) is 0 Å². The monoisotopic (exact) mass is 164 g/mol. The molecule has 0 aromatic carbocycles. The summed E-state index contributed by atoms with van der Waals surface area (Å²) >= 11 is 1.91. The minimum atomic E-state index is 1.16. The molecule has 0 N–H and O–H groups in total. The number of hydrogen-bond donors (Lipinski definition) is 0. The van der Waals surface area contributed by atoms with E-state index in [0.717, 1.165) is 6.42 Å². The molecule has 0 bridgehead atoms. The molecule has 0 fully saturated rings. The highest BCUT2D eigenvalue weighted by Crippen LogP contribution is 2.24. The average Bonchev–Trinajstić information content (AvgIpc) is 2.38. The van der Waals surface area contributed by atoms with Gasteiger partial charge in [0.15, 0.2) is 0 Å². The van der Waals surface area contributed by atoms with Crippen molar-refractivity contribution in [3.05, 3.63) is 33.5 Å². The van der Waals surface area contributed by atoms with E-state index in [1.165, 1.54) is 12.8 Å². The van der Waals surface area contributed by atoms with Gasteiger partial charge < -0.3 is 0 Å². The second-order valence-electron chi connectivity index (χ2n) is 3.12. The lowest BCUT2D eigenvalue weighted by molar-refractivity contribution is 0.966. The van der Waals surface area contributed by atoms with Crippen LogP contribution in [0.5, 0.6) is 0 Å². The molecule has 11 heavy (non-hydrogen) atoms. The van der Waals surface area contributed by atoms with Crippen LogP contribution in [0.1, 0.15) is 23.8 Å². The van der Waals surface area contributed by atoms with Crippen molar-refractivity contribution in [2.75, 3.05) is 0 Å². The van der Waals surface area contributed by atoms with Crippen LogP contribution >= 0.6 is 11.3 Å². The molecule has 0 radical (unpaired) electrons. The van der Waals surface area contributed by atoms with E-state index in [1.807, 2.05) is 11.3 Å². The molecule has 0 nitrogen and oxygen atoms in total. The van der Waals surface area contributed by atoms with Crippen LogP contribution in [0.4, 0.5) is 0 Å². The van der Waals surface area contributed by atoms with Gasteiger partial charge in [-0.05, 0) is 43.2 Å². The Kier molecular flexibility index (Phi) is 1.82. The molecule has 0 saturated carbocycles. The molecule has 2 rings (SSSR count). The highest BCUT2D eigenvalue weighted by Gasteiger charge is 2.06. The zero-order valence-corrected chi connectivity index (χ0v) is 7.58. The summed E-state index contributed by atoms with van der Waals surface area (Å²) in [6, 6.07) is 2.26. The first-order valence-corrected chi connectivity index (χ1v) is 4.95. The molecular formula is C10H12S. The van der Waals surface area contributed by atoms with Gasteiger partial charge >= 0.3 is 0 Å². The van der Waals surface area contributed by atoms with Crippen molar-refractivity contribution >= 4 is 11.3 Å². The number of rotatable bonds is 0. The third kappa shape index (κ3) is 1.38. The van der Waals surface area contributed by atoms with E-state index in [0.29, 0.717) is 0 Å². The molecular weight excluding hydrogens is 152 g/mol. The van der Waals surface area contributed by atoms with Gasteiger partial charge in [0.1, 0.15) is 0 Å². The average molecular weight is 164 g/mol. The first kappa shape index (κ1) is 7.11. The van der Waals surface area contributed by atoms with Crippen molar-refractivity contribution in [3.63, 3.8) is 0 Å². The SMILES string of the molecule is CC1=CCc2ccsc2CC1. The van der Waals surface area contributed by atoms with Gasteiger partial charge in [0.05, 0.1) is 0 Å². The molecule has 1 heterocycles. The maximum Gasteiger partial charge on any atom is 0.00835 e. The summed E-state index contributed by atoms with van der Waals surface area (Å²) < 4.78 is 0. The van der Waals surface area contributed by atoms with E-state index in [9.17, 15) is 0 Å². The summed E-state index contributed by atoms with van der Waals surface area (Å²) in [6.45, 7) is 2.23. The smallest absolute Gasteiger partial charge is 0.00835 e. The van der Waals surface area contributed by atoms with Gasteiger partial charge in [0, 0.05) is 4.88 Å². The standard InChI is InChI=1S/C10H12S/c1-8-2-4-9-6-7-11-10(9)5-3-8/h2,6-7H,3-5H2,1H3. The van der Waals surface area contributed by atoms with Crippen LogP contribution in [0, 0.1) is 0 Å². The molecule has 1 aliphatic carbocycles. The third-order valence-corrected chi connectivity index (χ3v) is 3.28. The van der Waals surface area contributed by atoms with E-state index in [-0.39, 0.29) is 0 Å². The van der Waals surface area contributed by atoms with E-state index >= 15 is 0 Å². The molecule has 0 spiro atoms. The summed E-state index contributed by atoms with van der Waals surface area (Å²) in [5.74, 6) is 0.